The van der Waals surface area contributed by atoms with Gasteiger partial charge in [-0.1, -0.05) is 54.6 Å². The lowest BCUT2D eigenvalue weighted by molar-refractivity contribution is -0.128. The third-order valence-electron chi connectivity index (χ3n) is 5.61. The third kappa shape index (κ3) is 5.07. The highest BCUT2D eigenvalue weighted by Crippen LogP contribution is 2.27. The number of urea groups is 1. The molecule has 3 aromatic carbocycles. The van der Waals surface area contributed by atoms with E-state index in [0.29, 0.717) is 17.0 Å². The predicted octanol–water partition coefficient (Wildman–Crippen LogP) is 3.43. The highest BCUT2D eigenvalue weighted by molar-refractivity contribution is 6.20. The van der Waals surface area contributed by atoms with Gasteiger partial charge in [0.15, 0.2) is 0 Å². The molecule has 3 N–H and O–H groups in total. The van der Waals surface area contributed by atoms with Gasteiger partial charge >= 0.3 is 6.03 Å². The van der Waals surface area contributed by atoms with Gasteiger partial charge in [-0.05, 0) is 25.1 Å². The summed E-state index contributed by atoms with van der Waals surface area (Å²) in [4.78, 5) is 44.3. The fourth-order valence-corrected chi connectivity index (χ4v) is 3.73. The van der Waals surface area contributed by atoms with E-state index in [2.05, 4.69) is 20.9 Å². The van der Waals surface area contributed by atoms with Gasteiger partial charge in [-0.2, -0.15) is 0 Å². The van der Waals surface area contributed by atoms with Crippen LogP contribution in [0.25, 0.3) is 0 Å². The van der Waals surface area contributed by atoms with E-state index in [9.17, 15) is 23.2 Å². The number of hydrogen-bond acceptors (Lipinski definition) is 4. The number of amides is 4. The summed E-state index contributed by atoms with van der Waals surface area (Å²) < 4.78 is 27.6. The summed E-state index contributed by atoms with van der Waals surface area (Å²) in [5.74, 6) is -3.12. The van der Waals surface area contributed by atoms with Crippen LogP contribution in [0.1, 0.15) is 18.1 Å². The molecule has 4 rings (SSSR count). The van der Waals surface area contributed by atoms with E-state index in [0.717, 1.165) is 23.8 Å². The van der Waals surface area contributed by atoms with Gasteiger partial charge in [0.1, 0.15) is 23.4 Å². The first-order chi connectivity index (χ1) is 17.3. The van der Waals surface area contributed by atoms with Crippen LogP contribution in [0.4, 0.5) is 25.0 Å². The number of carbonyl (C=O) groups excluding carboxylic acids is 3. The Balaban J connectivity index is 1.54. The number of carbonyl (C=O) groups is 3. The lowest BCUT2D eigenvalue weighted by atomic mass is 10.0. The summed E-state index contributed by atoms with van der Waals surface area (Å²) >= 11 is 0. The van der Waals surface area contributed by atoms with E-state index in [-0.39, 0.29) is 0 Å². The molecule has 4 amide bonds. The van der Waals surface area contributed by atoms with E-state index in [1.165, 1.54) is 11.8 Å². The van der Waals surface area contributed by atoms with E-state index >= 15 is 0 Å². The van der Waals surface area contributed by atoms with Crippen molar-refractivity contribution in [1.82, 2.24) is 10.6 Å². The number of likely N-dealkylation sites (N-methyl/N-ethyl adjacent to an activating group) is 1. The monoisotopic (exact) mass is 491 g/mol. The molecule has 10 heteroatoms. The molecule has 0 fully saturated rings. The molecular weight excluding hydrogens is 468 g/mol. The molecule has 1 aliphatic heterocycles. The molecule has 3 aromatic rings. The first-order valence-corrected chi connectivity index (χ1v) is 11.1. The average molecular weight is 491 g/mol. The van der Waals surface area contributed by atoms with Gasteiger partial charge in [0.25, 0.3) is 5.91 Å². The van der Waals surface area contributed by atoms with Crippen LogP contribution in [0.3, 0.4) is 0 Å². The molecule has 2 atom stereocenters. The van der Waals surface area contributed by atoms with E-state index in [4.69, 9.17) is 0 Å². The van der Waals surface area contributed by atoms with Gasteiger partial charge in [0.05, 0.1) is 11.4 Å². The zero-order valence-corrected chi connectivity index (χ0v) is 19.5. The number of nitrogens with zero attached hydrogens (tertiary/aromatic N) is 2. The predicted molar refractivity (Wildman–Crippen MR) is 132 cm³/mol. The Morgan fingerprint density at radius 3 is 2.28 bits per heavy atom. The van der Waals surface area contributed by atoms with Gasteiger partial charge in [-0.3, -0.25) is 9.59 Å². The molecular formula is C26H23F2N5O3. The number of para-hydroxylation sites is 2. The van der Waals surface area contributed by atoms with Crippen molar-refractivity contribution >= 4 is 34.9 Å². The Labute approximate surface area is 206 Å². The molecule has 0 saturated carbocycles. The van der Waals surface area contributed by atoms with E-state index < -0.39 is 47.4 Å². The van der Waals surface area contributed by atoms with Crippen molar-refractivity contribution in [2.45, 2.75) is 19.1 Å². The van der Waals surface area contributed by atoms with Crippen molar-refractivity contribution in [3.05, 3.63) is 95.6 Å². The summed E-state index contributed by atoms with van der Waals surface area (Å²) in [5.41, 5.74) is 1.97. The number of halogens is 2. The molecule has 0 bridgehead atoms. The summed E-state index contributed by atoms with van der Waals surface area (Å²) in [6.45, 7) is 1.37. The van der Waals surface area contributed by atoms with Crippen molar-refractivity contribution in [2.24, 2.45) is 4.99 Å². The molecule has 0 aromatic heterocycles. The molecule has 1 aliphatic rings. The average Bonchev–Trinajstić information content (AvgIpc) is 2.97. The standard InChI is InChI=1S/C26H23F2N5O3/c1-15(29-26(36)31-22-18(27)12-8-13-19(22)28)24(34)32-23-25(35)33(2)20-14-7-6-11-17(20)21(30-23)16-9-4-3-5-10-16/h3-15,23H,1-2H3,(H,32,34)(H2,29,31,36)/t15-,23+/m0/s1. The minimum absolute atomic E-state index is 0.480. The quantitative estimate of drug-likeness (QED) is 0.510. The van der Waals surface area contributed by atoms with E-state index in [1.54, 1.807) is 19.2 Å². The zero-order valence-electron chi connectivity index (χ0n) is 19.5. The number of hydrogen-bond donors (Lipinski definition) is 3. The number of anilines is 2. The van der Waals surface area contributed by atoms with E-state index in [1.807, 2.05) is 42.5 Å². The highest BCUT2D eigenvalue weighted by atomic mass is 19.1. The van der Waals surface area contributed by atoms with Crippen molar-refractivity contribution in [1.29, 1.82) is 0 Å². The van der Waals surface area contributed by atoms with Crippen LogP contribution in [0.15, 0.2) is 77.8 Å². The Kier molecular flexibility index (Phi) is 7.05. The summed E-state index contributed by atoms with van der Waals surface area (Å²) in [5, 5.41) is 6.91. The van der Waals surface area contributed by atoms with Crippen LogP contribution in [0.2, 0.25) is 0 Å². The number of benzodiazepines with no additional fused rings is 1. The Morgan fingerprint density at radius 1 is 0.944 bits per heavy atom. The molecule has 184 valence electrons. The van der Waals surface area contributed by atoms with Gasteiger partial charge in [0.2, 0.25) is 12.1 Å². The van der Waals surface area contributed by atoms with Crippen molar-refractivity contribution in [3.63, 3.8) is 0 Å². The topological polar surface area (TPSA) is 103 Å². The van der Waals surface area contributed by atoms with Crippen LogP contribution < -0.4 is 20.9 Å². The first kappa shape index (κ1) is 24.5. The molecule has 8 nitrogen and oxygen atoms in total. The van der Waals surface area contributed by atoms with Crippen molar-refractivity contribution < 1.29 is 23.2 Å². The van der Waals surface area contributed by atoms with Gasteiger partial charge < -0.3 is 20.9 Å². The van der Waals surface area contributed by atoms with Crippen LogP contribution >= 0.6 is 0 Å². The SMILES string of the molecule is C[C@H](NC(=O)Nc1c(F)cccc1F)C(=O)N[C@H]1N=C(c2ccccc2)c2ccccc2N(C)C1=O. The zero-order chi connectivity index (χ0) is 25.8. The summed E-state index contributed by atoms with van der Waals surface area (Å²) in [6, 6.07) is 17.5. The second-order valence-corrected chi connectivity index (χ2v) is 8.09. The lowest BCUT2D eigenvalue weighted by Gasteiger charge is -2.22. The molecule has 36 heavy (non-hydrogen) atoms. The summed E-state index contributed by atoms with van der Waals surface area (Å²) in [7, 11) is 1.59. The maximum Gasteiger partial charge on any atom is 0.320 e. The molecule has 0 saturated heterocycles. The van der Waals surface area contributed by atoms with Gasteiger partial charge in [-0.25, -0.2) is 18.6 Å². The fraction of sp³-hybridized carbons (Fsp3) is 0.154. The van der Waals surface area contributed by atoms with Gasteiger partial charge in [-0.15, -0.1) is 0 Å². The second kappa shape index (κ2) is 10.3. The third-order valence-corrected chi connectivity index (χ3v) is 5.61. The minimum atomic E-state index is -1.28. The lowest BCUT2D eigenvalue weighted by Crippen LogP contribution is -2.52. The summed E-state index contributed by atoms with van der Waals surface area (Å²) in [6.07, 6.45) is -1.28. The maximum absolute atomic E-state index is 13.8. The van der Waals surface area contributed by atoms with Crippen LogP contribution in [0, 0.1) is 11.6 Å². The largest absolute Gasteiger partial charge is 0.326 e. The molecule has 1 heterocycles. The Morgan fingerprint density at radius 2 is 1.58 bits per heavy atom. The van der Waals surface area contributed by atoms with Crippen LogP contribution in [-0.4, -0.2) is 42.8 Å². The van der Waals surface area contributed by atoms with Crippen LogP contribution in [0.5, 0.6) is 0 Å². The van der Waals surface area contributed by atoms with Crippen LogP contribution in [-0.2, 0) is 9.59 Å². The fourth-order valence-electron chi connectivity index (χ4n) is 3.73. The Hall–Kier alpha value is -4.60. The second-order valence-electron chi connectivity index (χ2n) is 8.09. The number of nitrogens with one attached hydrogen (secondary N) is 3. The Bertz CT molecular complexity index is 1330. The number of fused-ring (bicyclic) bond motifs is 1. The number of aliphatic imine (C=N–C) groups is 1. The number of rotatable bonds is 5. The molecule has 0 radical (unpaired) electrons. The van der Waals surface area contributed by atoms with Crippen molar-refractivity contribution in [2.75, 3.05) is 17.3 Å². The molecule has 0 unspecified atom stereocenters. The van der Waals surface area contributed by atoms with Gasteiger partial charge in [0, 0.05) is 18.2 Å². The van der Waals surface area contributed by atoms with Crippen molar-refractivity contribution in [3.8, 4) is 0 Å². The first-order valence-electron chi connectivity index (χ1n) is 11.1. The smallest absolute Gasteiger partial charge is 0.320 e. The normalized spacial score (nSPS) is 15.8. The number of benzene rings is 3. The molecule has 0 aliphatic carbocycles. The minimum Gasteiger partial charge on any atom is -0.326 e. The molecule has 0 spiro atoms. The highest BCUT2D eigenvalue weighted by Gasteiger charge is 2.32. The maximum atomic E-state index is 13.8.